The van der Waals surface area contributed by atoms with Crippen LogP contribution in [0, 0.1) is 30.4 Å². The number of rotatable bonds is 3. The summed E-state index contributed by atoms with van der Waals surface area (Å²) in [5.41, 5.74) is 15.3. The molecule has 0 unspecified atom stereocenters. The van der Waals surface area contributed by atoms with Crippen molar-refractivity contribution >= 4 is 45.1 Å². The highest BCUT2D eigenvalue weighted by Gasteiger charge is 2.26. The molecule has 1 aliphatic rings. The minimum atomic E-state index is -0.813. The predicted octanol–water partition coefficient (Wildman–Crippen LogP) is 3.41. The van der Waals surface area contributed by atoms with Gasteiger partial charge >= 0.3 is 0 Å². The van der Waals surface area contributed by atoms with E-state index in [-0.39, 0.29) is 22.5 Å². The fraction of sp³-hybridized carbons (Fsp3) is 0.172. The third-order valence-corrected chi connectivity index (χ3v) is 7.39. The molecule has 0 atom stereocenters. The normalized spacial score (nSPS) is 12.8. The second-order valence-corrected chi connectivity index (χ2v) is 9.63. The van der Waals surface area contributed by atoms with Gasteiger partial charge in [0.25, 0.3) is 0 Å². The van der Waals surface area contributed by atoms with Crippen LogP contribution < -0.4 is 16.4 Å². The number of fused-ring (bicyclic) bond motifs is 4. The van der Waals surface area contributed by atoms with Crippen LogP contribution in [-0.2, 0) is 24.9 Å². The number of benzene rings is 2. The summed E-state index contributed by atoms with van der Waals surface area (Å²) in [5, 5.41) is 0.538. The number of nitrogens with zero attached hydrogens (tertiary/aromatic N) is 6. The lowest BCUT2D eigenvalue weighted by Crippen LogP contribution is -2.33. The predicted molar refractivity (Wildman–Crippen MR) is 149 cm³/mol. The first-order valence-corrected chi connectivity index (χ1v) is 12.4. The SMILES string of the molecule is C=C(C(N)=O)c1ccc(N2CCn3c(c(C#Cc4c(F)cc5c(nc(C)n5C)c4F)c4c(N)ncnc43)C2)cc1. The molecule has 1 amide bonds. The lowest BCUT2D eigenvalue weighted by molar-refractivity contribution is -0.112. The van der Waals surface area contributed by atoms with Crippen molar-refractivity contribution in [3.05, 3.63) is 83.1 Å². The minimum Gasteiger partial charge on any atom is -0.383 e. The summed E-state index contributed by atoms with van der Waals surface area (Å²) in [6.07, 6.45) is 1.38. The first-order chi connectivity index (χ1) is 19.2. The van der Waals surface area contributed by atoms with Gasteiger partial charge in [-0.05, 0) is 24.6 Å². The van der Waals surface area contributed by atoms with Gasteiger partial charge in [0.15, 0.2) is 5.82 Å². The third kappa shape index (κ3) is 3.84. The monoisotopic (exact) mass is 538 g/mol. The molecule has 6 rings (SSSR count). The molecular weight excluding hydrogens is 514 g/mol. The van der Waals surface area contributed by atoms with Crippen LogP contribution in [0.1, 0.15) is 28.2 Å². The van der Waals surface area contributed by atoms with Gasteiger partial charge in [-0.1, -0.05) is 30.6 Å². The second-order valence-electron chi connectivity index (χ2n) is 9.63. The van der Waals surface area contributed by atoms with Crippen molar-refractivity contribution in [3.63, 3.8) is 0 Å². The van der Waals surface area contributed by atoms with Crippen molar-refractivity contribution in [1.29, 1.82) is 0 Å². The van der Waals surface area contributed by atoms with Crippen molar-refractivity contribution in [1.82, 2.24) is 24.1 Å². The maximum absolute atomic E-state index is 15.4. The van der Waals surface area contributed by atoms with Crippen LogP contribution in [0.25, 0.3) is 27.6 Å². The number of anilines is 2. The molecule has 0 bridgehead atoms. The van der Waals surface area contributed by atoms with Gasteiger partial charge in [-0.15, -0.1) is 0 Å². The summed E-state index contributed by atoms with van der Waals surface area (Å²) >= 11 is 0. The zero-order chi connectivity index (χ0) is 28.3. The van der Waals surface area contributed by atoms with E-state index in [1.807, 2.05) is 16.7 Å². The zero-order valence-electron chi connectivity index (χ0n) is 21.8. The molecule has 0 radical (unpaired) electrons. The molecule has 4 heterocycles. The number of carbonyl (C=O) groups excluding carboxylic acids is 1. The van der Waals surface area contributed by atoms with Crippen molar-refractivity contribution in [2.24, 2.45) is 12.8 Å². The Labute approximate surface area is 227 Å². The van der Waals surface area contributed by atoms with Crippen molar-refractivity contribution < 1.29 is 13.6 Å². The van der Waals surface area contributed by atoms with Crippen LogP contribution in [0.4, 0.5) is 20.3 Å². The van der Waals surface area contributed by atoms with Gasteiger partial charge in [0.1, 0.15) is 35.0 Å². The van der Waals surface area contributed by atoms with Crippen molar-refractivity contribution in [2.75, 3.05) is 17.2 Å². The number of imidazole rings is 1. The van der Waals surface area contributed by atoms with Gasteiger partial charge in [0.2, 0.25) is 5.91 Å². The van der Waals surface area contributed by atoms with Gasteiger partial charge in [-0.2, -0.15) is 0 Å². The molecule has 4 N–H and O–H groups in total. The molecule has 0 aliphatic carbocycles. The largest absolute Gasteiger partial charge is 0.383 e. The van der Waals surface area contributed by atoms with E-state index >= 15 is 8.78 Å². The molecule has 40 heavy (non-hydrogen) atoms. The van der Waals surface area contributed by atoms with Crippen LogP contribution >= 0.6 is 0 Å². The number of carbonyl (C=O) groups is 1. The summed E-state index contributed by atoms with van der Waals surface area (Å²) in [6, 6.07) is 8.59. The first kappa shape index (κ1) is 25.1. The smallest absolute Gasteiger partial charge is 0.248 e. The molecule has 0 saturated carbocycles. The summed E-state index contributed by atoms with van der Waals surface area (Å²) < 4.78 is 34.1. The fourth-order valence-electron chi connectivity index (χ4n) is 5.11. The van der Waals surface area contributed by atoms with Crippen molar-refractivity contribution in [2.45, 2.75) is 20.0 Å². The quantitative estimate of drug-likeness (QED) is 0.268. The lowest BCUT2D eigenvalue weighted by Gasteiger charge is -2.31. The van der Waals surface area contributed by atoms with E-state index in [1.165, 1.54) is 12.4 Å². The number of primary amides is 1. The topological polar surface area (TPSA) is 121 Å². The summed E-state index contributed by atoms with van der Waals surface area (Å²) in [4.78, 5) is 26.4. The highest BCUT2D eigenvalue weighted by Crippen LogP contribution is 2.33. The Bertz CT molecular complexity index is 1940. The van der Waals surface area contributed by atoms with E-state index in [9.17, 15) is 4.79 Å². The van der Waals surface area contributed by atoms with Gasteiger partial charge in [0.05, 0.1) is 34.3 Å². The maximum atomic E-state index is 15.4. The van der Waals surface area contributed by atoms with Crippen LogP contribution in [-0.4, -0.2) is 36.5 Å². The van der Waals surface area contributed by atoms with Gasteiger partial charge in [-0.3, -0.25) is 4.79 Å². The average Bonchev–Trinajstić information content (AvgIpc) is 3.42. The molecule has 2 aromatic carbocycles. The Kier molecular flexibility index (Phi) is 5.76. The van der Waals surface area contributed by atoms with E-state index in [4.69, 9.17) is 11.5 Å². The van der Waals surface area contributed by atoms with E-state index < -0.39 is 17.5 Å². The van der Waals surface area contributed by atoms with Crippen molar-refractivity contribution in [3.8, 4) is 11.8 Å². The van der Waals surface area contributed by atoms with Crippen LogP contribution in [0.5, 0.6) is 0 Å². The summed E-state index contributed by atoms with van der Waals surface area (Å²) in [6.45, 7) is 7.11. The zero-order valence-corrected chi connectivity index (χ0v) is 21.8. The number of hydrogen-bond acceptors (Lipinski definition) is 6. The molecule has 11 heteroatoms. The Morgan fingerprint density at radius 3 is 2.55 bits per heavy atom. The Morgan fingerprint density at radius 2 is 1.82 bits per heavy atom. The molecule has 0 spiro atoms. The molecule has 200 valence electrons. The molecule has 0 fully saturated rings. The number of amides is 1. The Hall–Kier alpha value is -5.24. The van der Waals surface area contributed by atoms with E-state index in [1.54, 1.807) is 30.7 Å². The Balaban J connectivity index is 1.45. The molecule has 5 aromatic rings. The Morgan fingerprint density at radius 1 is 1.10 bits per heavy atom. The van der Waals surface area contributed by atoms with Gasteiger partial charge in [0, 0.05) is 37.5 Å². The van der Waals surface area contributed by atoms with Gasteiger partial charge in [-0.25, -0.2) is 23.7 Å². The number of halogens is 2. The standard InChI is InChI=1S/C29H24F2N8O/c1-15(28(33)40)17-4-6-18(7-5-17)38-10-11-39-23(13-38)20(24-27(32)34-14-35-29(24)39)9-8-19-21(30)12-22-26(25(19)31)36-16(2)37(22)3/h4-7,12,14H,1,10-11,13H2,2-3H3,(H2,33,40)(H2,32,34,35). The number of nitrogens with two attached hydrogens (primary N) is 2. The fourth-order valence-corrected chi connectivity index (χ4v) is 5.11. The second kappa shape index (κ2) is 9.20. The molecular formula is C29H24F2N8O. The molecule has 9 nitrogen and oxygen atoms in total. The summed E-state index contributed by atoms with van der Waals surface area (Å²) in [7, 11) is 1.70. The number of hydrogen-bond donors (Lipinski definition) is 2. The van der Waals surface area contributed by atoms with E-state index in [2.05, 4.69) is 38.3 Å². The highest BCUT2D eigenvalue weighted by atomic mass is 19.1. The highest BCUT2D eigenvalue weighted by molar-refractivity contribution is 6.17. The maximum Gasteiger partial charge on any atom is 0.248 e. The molecule has 3 aromatic heterocycles. The third-order valence-electron chi connectivity index (χ3n) is 7.39. The number of nitrogen functional groups attached to an aromatic ring is 1. The number of aryl methyl sites for hydroxylation is 2. The molecule has 0 saturated heterocycles. The van der Waals surface area contributed by atoms with Crippen LogP contribution in [0.3, 0.4) is 0 Å². The minimum absolute atomic E-state index is 0.0611. The van der Waals surface area contributed by atoms with E-state index in [0.29, 0.717) is 53.1 Å². The van der Waals surface area contributed by atoms with Crippen LogP contribution in [0.15, 0.2) is 43.2 Å². The molecule has 1 aliphatic heterocycles. The summed E-state index contributed by atoms with van der Waals surface area (Å²) in [5.74, 6) is 4.33. The average molecular weight is 539 g/mol. The van der Waals surface area contributed by atoms with E-state index in [0.717, 1.165) is 11.4 Å². The van der Waals surface area contributed by atoms with Crippen LogP contribution in [0.2, 0.25) is 0 Å². The number of aromatic nitrogens is 5. The van der Waals surface area contributed by atoms with Gasteiger partial charge < -0.3 is 25.5 Å². The first-order valence-electron chi connectivity index (χ1n) is 12.4. The lowest BCUT2D eigenvalue weighted by atomic mass is 10.1.